The van der Waals surface area contributed by atoms with Crippen molar-refractivity contribution in [1.29, 1.82) is 0 Å². The van der Waals surface area contributed by atoms with Gasteiger partial charge in [-0.3, -0.25) is 9.59 Å². The van der Waals surface area contributed by atoms with Crippen LogP contribution in [0.1, 0.15) is 39.4 Å². The number of hydrogen-bond acceptors (Lipinski definition) is 9. The number of carbonyl (C=O) groups excluding carboxylic acids is 4. The van der Waals surface area contributed by atoms with Crippen molar-refractivity contribution in [2.45, 2.75) is 25.7 Å². The Labute approximate surface area is 198 Å². The van der Waals surface area contributed by atoms with E-state index in [1.807, 2.05) is 0 Å². The number of ether oxygens (including phenoxy) is 3. The van der Waals surface area contributed by atoms with Gasteiger partial charge in [-0.25, -0.2) is 9.59 Å². The van der Waals surface area contributed by atoms with Gasteiger partial charge in [0.15, 0.2) is 6.61 Å². The molecule has 0 radical (unpaired) electrons. The number of benzene rings is 1. The number of hydrogen-bond donors (Lipinski definition) is 1. The highest BCUT2D eigenvalue weighted by molar-refractivity contribution is 8.00. The molecule has 1 heterocycles. The smallest absolute Gasteiger partial charge is 0.348 e. The van der Waals surface area contributed by atoms with E-state index in [1.54, 1.807) is 45.0 Å². The molecule has 11 heteroatoms. The van der Waals surface area contributed by atoms with Gasteiger partial charge in [0.05, 0.1) is 24.5 Å². The van der Waals surface area contributed by atoms with Crippen LogP contribution in [0, 0.1) is 6.92 Å². The predicted molar refractivity (Wildman–Crippen MR) is 123 cm³/mol. The van der Waals surface area contributed by atoms with Gasteiger partial charge in [-0.2, -0.15) is 0 Å². The van der Waals surface area contributed by atoms with Gasteiger partial charge in [-0.1, -0.05) is 11.6 Å². The number of thiophene rings is 1. The van der Waals surface area contributed by atoms with Gasteiger partial charge in [-0.15, -0.1) is 23.1 Å². The fraction of sp³-hybridized carbons (Fsp3) is 0.333. The fourth-order valence-corrected chi connectivity index (χ4v) is 4.39. The Bertz CT molecular complexity index is 989. The van der Waals surface area contributed by atoms with Crippen molar-refractivity contribution in [3.8, 4) is 0 Å². The first kappa shape index (κ1) is 25.7. The SMILES string of the molecule is CCOC(=O)c1sc(NC(=O)COC(=O)CSc2ccc(Cl)cc2)c(C(=O)OCC)c1C. The third kappa shape index (κ3) is 7.25. The molecule has 0 aliphatic heterocycles. The quantitative estimate of drug-likeness (QED) is 0.292. The number of halogens is 1. The van der Waals surface area contributed by atoms with Crippen LogP contribution in [0.4, 0.5) is 5.00 Å². The summed E-state index contributed by atoms with van der Waals surface area (Å²) in [7, 11) is 0. The molecule has 0 bridgehead atoms. The summed E-state index contributed by atoms with van der Waals surface area (Å²) in [4.78, 5) is 49.8. The molecule has 8 nitrogen and oxygen atoms in total. The molecule has 0 saturated carbocycles. The predicted octanol–water partition coefficient (Wildman–Crippen LogP) is 4.34. The third-order valence-corrected chi connectivity index (χ3v) is 6.30. The maximum absolute atomic E-state index is 12.4. The second kappa shape index (κ2) is 12.5. The minimum atomic E-state index is -0.677. The summed E-state index contributed by atoms with van der Waals surface area (Å²) in [5.74, 6) is -2.51. The molecule has 0 aliphatic rings. The van der Waals surface area contributed by atoms with E-state index in [-0.39, 0.29) is 34.4 Å². The Morgan fingerprint density at radius 3 is 2.25 bits per heavy atom. The lowest BCUT2D eigenvalue weighted by Gasteiger charge is -2.08. The summed E-state index contributed by atoms with van der Waals surface area (Å²) < 4.78 is 15.0. The highest BCUT2D eigenvalue weighted by atomic mass is 35.5. The second-order valence-electron chi connectivity index (χ2n) is 6.15. The van der Waals surface area contributed by atoms with Crippen molar-refractivity contribution in [3.05, 3.63) is 45.3 Å². The lowest BCUT2D eigenvalue weighted by atomic mass is 10.1. The van der Waals surface area contributed by atoms with E-state index < -0.39 is 30.4 Å². The van der Waals surface area contributed by atoms with E-state index in [4.69, 9.17) is 25.8 Å². The van der Waals surface area contributed by atoms with Crippen molar-refractivity contribution in [1.82, 2.24) is 0 Å². The molecule has 172 valence electrons. The number of esters is 3. The number of carbonyl (C=O) groups is 4. The van der Waals surface area contributed by atoms with E-state index in [0.29, 0.717) is 10.6 Å². The fourth-order valence-electron chi connectivity index (χ4n) is 2.47. The van der Waals surface area contributed by atoms with Gasteiger partial charge in [0.25, 0.3) is 5.91 Å². The van der Waals surface area contributed by atoms with Crippen molar-refractivity contribution in [3.63, 3.8) is 0 Å². The maximum Gasteiger partial charge on any atom is 0.348 e. The van der Waals surface area contributed by atoms with Gasteiger partial charge in [0.2, 0.25) is 0 Å². The number of amides is 1. The number of rotatable bonds is 10. The Balaban J connectivity index is 2.00. The monoisotopic (exact) mass is 499 g/mol. The van der Waals surface area contributed by atoms with Crippen LogP contribution in [0.15, 0.2) is 29.2 Å². The Hall–Kier alpha value is -2.56. The molecule has 0 spiro atoms. The van der Waals surface area contributed by atoms with Crippen LogP contribution in [-0.2, 0) is 23.8 Å². The highest BCUT2D eigenvalue weighted by Gasteiger charge is 2.27. The van der Waals surface area contributed by atoms with Crippen LogP contribution in [-0.4, -0.2) is 49.4 Å². The molecular formula is C21H22ClNO7S2. The average Bonchev–Trinajstić information content (AvgIpc) is 3.08. The van der Waals surface area contributed by atoms with E-state index >= 15 is 0 Å². The van der Waals surface area contributed by atoms with Crippen LogP contribution in [0.25, 0.3) is 0 Å². The molecule has 1 N–H and O–H groups in total. The Kier molecular flexibility index (Phi) is 10.0. The summed E-state index contributed by atoms with van der Waals surface area (Å²) in [6, 6.07) is 6.95. The van der Waals surface area contributed by atoms with Gasteiger partial charge in [0, 0.05) is 9.92 Å². The first-order chi connectivity index (χ1) is 15.3. The lowest BCUT2D eigenvalue weighted by molar-refractivity contribution is -0.144. The van der Waals surface area contributed by atoms with E-state index in [0.717, 1.165) is 16.2 Å². The van der Waals surface area contributed by atoms with Crippen molar-refractivity contribution in [2.24, 2.45) is 0 Å². The van der Waals surface area contributed by atoms with Gasteiger partial charge in [-0.05, 0) is 50.6 Å². The van der Waals surface area contributed by atoms with Crippen LogP contribution < -0.4 is 5.32 Å². The van der Waals surface area contributed by atoms with Crippen molar-refractivity contribution < 1.29 is 33.4 Å². The second-order valence-corrected chi connectivity index (χ2v) is 8.66. The van der Waals surface area contributed by atoms with E-state index in [2.05, 4.69) is 5.32 Å². The van der Waals surface area contributed by atoms with Crippen LogP contribution in [0.3, 0.4) is 0 Å². The first-order valence-corrected chi connectivity index (χ1v) is 11.8. The Morgan fingerprint density at radius 1 is 1.00 bits per heavy atom. The molecule has 32 heavy (non-hydrogen) atoms. The molecule has 1 amide bonds. The zero-order chi connectivity index (χ0) is 23.7. The standard InChI is InChI=1S/C21H22ClNO7S2/c1-4-28-20(26)17-12(3)18(21(27)29-5-2)32-19(17)23-15(24)10-30-16(25)11-31-14-8-6-13(22)7-9-14/h6-9H,4-5,10-11H2,1-3H3,(H,23,24). The summed E-state index contributed by atoms with van der Waals surface area (Å²) in [5, 5.41) is 3.23. The third-order valence-electron chi connectivity index (χ3n) is 3.87. The van der Waals surface area contributed by atoms with E-state index in [9.17, 15) is 19.2 Å². The van der Waals surface area contributed by atoms with Gasteiger partial charge in [0.1, 0.15) is 9.88 Å². The minimum Gasteiger partial charge on any atom is -0.462 e. The average molecular weight is 500 g/mol. The lowest BCUT2D eigenvalue weighted by Crippen LogP contribution is -2.22. The van der Waals surface area contributed by atoms with E-state index in [1.165, 1.54) is 11.8 Å². The van der Waals surface area contributed by atoms with Crippen molar-refractivity contribution in [2.75, 3.05) is 30.9 Å². The molecule has 2 aromatic rings. The zero-order valence-electron chi connectivity index (χ0n) is 17.7. The van der Waals surface area contributed by atoms with Crippen LogP contribution in [0.2, 0.25) is 5.02 Å². The van der Waals surface area contributed by atoms with Gasteiger partial charge >= 0.3 is 17.9 Å². The van der Waals surface area contributed by atoms with Crippen LogP contribution >= 0.6 is 34.7 Å². The minimum absolute atomic E-state index is 0.00804. The number of anilines is 1. The summed E-state index contributed by atoms with van der Waals surface area (Å²) in [5.41, 5.74) is 0.413. The molecule has 0 fully saturated rings. The first-order valence-electron chi connectivity index (χ1n) is 9.58. The summed E-state index contributed by atoms with van der Waals surface area (Å²) in [6.45, 7) is 4.61. The molecule has 1 aromatic carbocycles. The van der Waals surface area contributed by atoms with Crippen LogP contribution in [0.5, 0.6) is 0 Å². The maximum atomic E-state index is 12.4. The number of thioether (sulfide) groups is 1. The molecule has 2 rings (SSSR count). The molecule has 0 saturated heterocycles. The molecule has 1 aromatic heterocycles. The summed E-state index contributed by atoms with van der Waals surface area (Å²) in [6.07, 6.45) is 0. The molecular weight excluding hydrogens is 478 g/mol. The van der Waals surface area contributed by atoms with Crippen molar-refractivity contribution >= 4 is 63.5 Å². The highest BCUT2D eigenvalue weighted by Crippen LogP contribution is 2.34. The summed E-state index contributed by atoms with van der Waals surface area (Å²) >= 11 is 7.96. The molecule has 0 unspecified atom stereocenters. The normalized spacial score (nSPS) is 10.4. The molecule has 0 atom stereocenters. The largest absolute Gasteiger partial charge is 0.462 e. The Morgan fingerprint density at radius 2 is 1.62 bits per heavy atom. The topological polar surface area (TPSA) is 108 Å². The van der Waals surface area contributed by atoms with Gasteiger partial charge < -0.3 is 19.5 Å². The zero-order valence-corrected chi connectivity index (χ0v) is 20.1. The molecule has 0 aliphatic carbocycles. The number of nitrogens with one attached hydrogen (secondary N) is 1.